The normalized spacial score (nSPS) is 11.0. The Hall–Kier alpha value is -2.02. The molecule has 0 saturated carbocycles. The van der Waals surface area contributed by atoms with E-state index in [2.05, 4.69) is 22.4 Å². The number of aryl methyl sites for hydroxylation is 1. The van der Waals surface area contributed by atoms with E-state index < -0.39 is 5.82 Å². The number of nitrogen functional groups attached to an aromatic ring is 1. The minimum atomic E-state index is -0.443. The van der Waals surface area contributed by atoms with Gasteiger partial charge in [-0.15, -0.1) is 5.10 Å². The number of aromatic nitrogens is 4. The van der Waals surface area contributed by atoms with Gasteiger partial charge in [0.05, 0.1) is 5.69 Å². The van der Waals surface area contributed by atoms with Crippen LogP contribution in [0.3, 0.4) is 0 Å². The van der Waals surface area contributed by atoms with Crippen molar-refractivity contribution in [2.75, 3.05) is 18.9 Å². The zero-order valence-electron chi connectivity index (χ0n) is 12.1. The van der Waals surface area contributed by atoms with E-state index in [-0.39, 0.29) is 5.69 Å². The van der Waals surface area contributed by atoms with E-state index in [9.17, 15) is 4.39 Å². The lowest BCUT2D eigenvalue weighted by Gasteiger charge is -2.06. The Labute approximate surface area is 123 Å². The highest BCUT2D eigenvalue weighted by molar-refractivity contribution is 5.61. The van der Waals surface area contributed by atoms with E-state index >= 15 is 0 Å². The maximum Gasteiger partial charge on any atom is 0.182 e. The molecule has 0 fully saturated rings. The molecule has 0 aliphatic heterocycles. The van der Waals surface area contributed by atoms with Crippen LogP contribution < -0.4 is 5.73 Å². The molecule has 0 bridgehead atoms. The van der Waals surface area contributed by atoms with Crippen molar-refractivity contribution in [3.05, 3.63) is 24.0 Å². The highest BCUT2D eigenvalue weighted by Gasteiger charge is 2.10. The van der Waals surface area contributed by atoms with Crippen LogP contribution in [0.1, 0.15) is 26.2 Å². The van der Waals surface area contributed by atoms with E-state index in [1.165, 1.54) is 12.1 Å². The van der Waals surface area contributed by atoms with Crippen LogP contribution >= 0.6 is 0 Å². The standard InChI is InChI=1S/C14H20FN5O/c1-2-3-8-21-9-4-7-20-14(17-18-19-20)11-5-6-12(15)13(16)10-11/h5-6,10H,2-4,7-9,16H2,1H3. The molecule has 114 valence electrons. The summed E-state index contributed by atoms with van der Waals surface area (Å²) in [6.45, 7) is 4.23. The van der Waals surface area contributed by atoms with E-state index in [0.29, 0.717) is 24.5 Å². The molecule has 2 aromatic rings. The third-order valence-electron chi connectivity index (χ3n) is 3.09. The zero-order valence-corrected chi connectivity index (χ0v) is 12.1. The van der Waals surface area contributed by atoms with Crippen LogP contribution in [0.2, 0.25) is 0 Å². The minimum absolute atomic E-state index is 0.0879. The average molecular weight is 293 g/mol. The molecule has 6 nitrogen and oxygen atoms in total. The van der Waals surface area contributed by atoms with Crippen LogP contribution in [-0.4, -0.2) is 33.4 Å². The summed E-state index contributed by atoms with van der Waals surface area (Å²) in [5.41, 5.74) is 6.36. The molecular formula is C14H20FN5O. The van der Waals surface area contributed by atoms with Gasteiger partial charge in [0.2, 0.25) is 0 Å². The van der Waals surface area contributed by atoms with Gasteiger partial charge < -0.3 is 10.5 Å². The van der Waals surface area contributed by atoms with Crippen molar-refractivity contribution in [3.63, 3.8) is 0 Å². The van der Waals surface area contributed by atoms with Crippen molar-refractivity contribution in [1.82, 2.24) is 20.2 Å². The van der Waals surface area contributed by atoms with Crippen molar-refractivity contribution in [3.8, 4) is 11.4 Å². The van der Waals surface area contributed by atoms with Crippen molar-refractivity contribution in [2.45, 2.75) is 32.7 Å². The number of hydrogen-bond acceptors (Lipinski definition) is 5. The average Bonchev–Trinajstić information content (AvgIpc) is 2.94. The van der Waals surface area contributed by atoms with Crippen molar-refractivity contribution >= 4 is 5.69 Å². The van der Waals surface area contributed by atoms with Gasteiger partial charge in [-0.3, -0.25) is 0 Å². The fourth-order valence-electron chi connectivity index (χ4n) is 1.91. The Bertz CT molecular complexity index is 572. The molecule has 0 aliphatic rings. The first kappa shape index (κ1) is 15.4. The van der Waals surface area contributed by atoms with Crippen molar-refractivity contribution in [1.29, 1.82) is 0 Å². The van der Waals surface area contributed by atoms with Gasteiger partial charge in [0, 0.05) is 25.3 Å². The van der Waals surface area contributed by atoms with Gasteiger partial charge >= 0.3 is 0 Å². The Morgan fingerprint density at radius 1 is 1.29 bits per heavy atom. The van der Waals surface area contributed by atoms with E-state index in [1.807, 2.05) is 0 Å². The molecule has 21 heavy (non-hydrogen) atoms. The summed E-state index contributed by atoms with van der Waals surface area (Å²) in [6, 6.07) is 4.47. The highest BCUT2D eigenvalue weighted by atomic mass is 19.1. The second kappa shape index (κ2) is 7.68. The van der Waals surface area contributed by atoms with E-state index in [0.717, 1.165) is 25.9 Å². The number of tetrazole rings is 1. The molecule has 0 radical (unpaired) electrons. The van der Waals surface area contributed by atoms with Crippen LogP contribution in [-0.2, 0) is 11.3 Å². The summed E-state index contributed by atoms with van der Waals surface area (Å²) in [7, 11) is 0. The Kier molecular flexibility index (Phi) is 5.62. The molecule has 7 heteroatoms. The number of nitrogens with two attached hydrogens (primary N) is 1. The maximum atomic E-state index is 13.2. The molecule has 2 rings (SSSR count). The molecule has 0 aliphatic carbocycles. The first-order chi connectivity index (χ1) is 10.2. The first-order valence-electron chi connectivity index (χ1n) is 7.11. The van der Waals surface area contributed by atoms with Gasteiger partial charge in [-0.25, -0.2) is 9.07 Å². The lowest BCUT2D eigenvalue weighted by molar-refractivity contribution is 0.125. The Morgan fingerprint density at radius 2 is 2.10 bits per heavy atom. The number of anilines is 1. The molecule has 1 aromatic carbocycles. The summed E-state index contributed by atoms with van der Waals surface area (Å²) in [5.74, 6) is 0.136. The zero-order chi connectivity index (χ0) is 15.1. The van der Waals surface area contributed by atoms with Crippen molar-refractivity contribution < 1.29 is 9.13 Å². The number of rotatable bonds is 8. The van der Waals surface area contributed by atoms with Gasteiger partial charge in [-0.05, 0) is 41.5 Å². The number of unbranched alkanes of at least 4 members (excludes halogenated alkanes) is 1. The van der Waals surface area contributed by atoms with E-state index in [4.69, 9.17) is 10.5 Å². The molecule has 0 amide bonds. The summed E-state index contributed by atoms with van der Waals surface area (Å²) in [6.07, 6.45) is 3.02. The highest BCUT2D eigenvalue weighted by Crippen LogP contribution is 2.20. The fourth-order valence-corrected chi connectivity index (χ4v) is 1.91. The topological polar surface area (TPSA) is 78.8 Å². The summed E-state index contributed by atoms with van der Waals surface area (Å²) < 4.78 is 20.4. The third kappa shape index (κ3) is 4.22. The number of hydrogen-bond donors (Lipinski definition) is 1. The predicted octanol–water partition coefficient (Wildman–Crippen LogP) is 2.27. The lowest BCUT2D eigenvalue weighted by Crippen LogP contribution is -2.07. The molecule has 0 spiro atoms. The summed E-state index contributed by atoms with van der Waals surface area (Å²) >= 11 is 0. The molecular weight excluding hydrogens is 273 g/mol. The largest absolute Gasteiger partial charge is 0.396 e. The van der Waals surface area contributed by atoms with Crippen molar-refractivity contribution in [2.24, 2.45) is 0 Å². The van der Waals surface area contributed by atoms with E-state index in [1.54, 1.807) is 10.7 Å². The first-order valence-corrected chi connectivity index (χ1v) is 7.11. The third-order valence-corrected chi connectivity index (χ3v) is 3.09. The predicted molar refractivity (Wildman–Crippen MR) is 78.0 cm³/mol. The Morgan fingerprint density at radius 3 is 2.86 bits per heavy atom. The monoisotopic (exact) mass is 293 g/mol. The smallest absolute Gasteiger partial charge is 0.182 e. The van der Waals surface area contributed by atoms with Crippen LogP contribution in [0.25, 0.3) is 11.4 Å². The molecule has 0 saturated heterocycles. The SMILES string of the molecule is CCCCOCCCn1nnnc1-c1ccc(F)c(N)c1. The number of nitrogens with zero attached hydrogens (tertiary/aromatic N) is 4. The van der Waals surface area contributed by atoms with Gasteiger partial charge in [0.1, 0.15) is 5.82 Å². The van der Waals surface area contributed by atoms with Gasteiger partial charge in [-0.1, -0.05) is 13.3 Å². The number of benzene rings is 1. The minimum Gasteiger partial charge on any atom is -0.396 e. The van der Waals surface area contributed by atoms with Crippen LogP contribution in [0.4, 0.5) is 10.1 Å². The lowest BCUT2D eigenvalue weighted by atomic mass is 10.2. The second-order valence-electron chi connectivity index (χ2n) is 4.78. The molecule has 0 atom stereocenters. The summed E-state index contributed by atoms with van der Waals surface area (Å²) in [4.78, 5) is 0. The molecule has 0 unspecified atom stereocenters. The maximum absolute atomic E-state index is 13.2. The van der Waals surface area contributed by atoms with Gasteiger partial charge in [-0.2, -0.15) is 0 Å². The quantitative estimate of drug-likeness (QED) is 0.596. The summed E-state index contributed by atoms with van der Waals surface area (Å²) in [5, 5.41) is 11.6. The van der Waals surface area contributed by atoms with Crippen LogP contribution in [0, 0.1) is 5.82 Å². The van der Waals surface area contributed by atoms with Crippen LogP contribution in [0.5, 0.6) is 0 Å². The molecule has 1 heterocycles. The van der Waals surface area contributed by atoms with Gasteiger partial charge in [0.15, 0.2) is 5.82 Å². The number of ether oxygens (including phenoxy) is 1. The molecule has 1 aromatic heterocycles. The molecule has 2 N–H and O–H groups in total. The van der Waals surface area contributed by atoms with Crippen LogP contribution in [0.15, 0.2) is 18.2 Å². The number of halogens is 1. The Balaban J connectivity index is 1.93. The van der Waals surface area contributed by atoms with Gasteiger partial charge in [0.25, 0.3) is 0 Å². The fraction of sp³-hybridized carbons (Fsp3) is 0.500. The second-order valence-corrected chi connectivity index (χ2v) is 4.78.